The van der Waals surface area contributed by atoms with Crippen LogP contribution in [0.4, 0.5) is 6.01 Å². The monoisotopic (exact) mass is 492 g/mol. The summed E-state index contributed by atoms with van der Waals surface area (Å²) in [5.74, 6) is 0.626. The summed E-state index contributed by atoms with van der Waals surface area (Å²) in [4.78, 5) is 13.0. The van der Waals surface area contributed by atoms with E-state index in [1.807, 2.05) is 0 Å². The highest BCUT2D eigenvalue weighted by Crippen LogP contribution is 2.32. The van der Waals surface area contributed by atoms with Crippen LogP contribution in [0.3, 0.4) is 0 Å². The molecular formula is C21H21ClN4O6S. The molecule has 1 unspecified atom stereocenters. The lowest BCUT2D eigenvalue weighted by Crippen LogP contribution is -2.43. The highest BCUT2D eigenvalue weighted by Gasteiger charge is 2.40. The third-order valence-corrected chi connectivity index (χ3v) is 7.39. The minimum atomic E-state index is -3.87. The number of methoxy groups -OCH3 is 2. The van der Waals surface area contributed by atoms with Gasteiger partial charge in [0, 0.05) is 17.1 Å². The molecule has 3 aromatic rings. The quantitative estimate of drug-likeness (QED) is 0.533. The molecule has 0 bridgehead atoms. The number of aromatic nitrogens is 2. The Bertz CT molecular complexity index is 1260. The zero-order valence-electron chi connectivity index (χ0n) is 17.8. The average molecular weight is 493 g/mol. The fraction of sp³-hybridized carbons (Fsp3) is 0.286. The summed E-state index contributed by atoms with van der Waals surface area (Å²) in [5.41, 5.74) is 0.563. The Kier molecular flexibility index (Phi) is 6.54. The van der Waals surface area contributed by atoms with Crippen LogP contribution >= 0.6 is 11.6 Å². The second-order valence-electron chi connectivity index (χ2n) is 7.20. The summed E-state index contributed by atoms with van der Waals surface area (Å²) in [6, 6.07) is 9.84. The maximum absolute atomic E-state index is 13.0. The molecule has 2 heterocycles. The molecule has 0 saturated carbocycles. The Morgan fingerprint density at radius 2 is 1.85 bits per heavy atom. The number of carbonyl (C=O) groups excluding carboxylic acids is 1. The fourth-order valence-corrected chi connectivity index (χ4v) is 5.36. The van der Waals surface area contributed by atoms with Crippen molar-refractivity contribution in [1.82, 2.24) is 14.5 Å². The van der Waals surface area contributed by atoms with Crippen molar-refractivity contribution in [2.75, 3.05) is 26.1 Å². The van der Waals surface area contributed by atoms with Crippen LogP contribution in [-0.4, -0.2) is 55.6 Å². The molecule has 0 radical (unpaired) electrons. The van der Waals surface area contributed by atoms with Crippen LogP contribution in [0, 0.1) is 0 Å². The Hall–Kier alpha value is -3.15. The van der Waals surface area contributed by atoms with E-state index in [1.54, 1.807) is 18.2 Å². The number of anilines is 1. The number of amides is 1. The topological polar surface area (TPSA) is 124 Å². The minimum absolute atomic E-state index is 0.0696. The number of sulfonamides is 1. The molecule has 4 rings (SSSR count). The molecule has 174 valence electrons. The Morgan fingerprint density at radius 3 is 2.55 bits per heavy atom. The number of hydrogen-bond acceptors (Lipinski definition) is 8. The smallest absolute Gasteiger partial charge is 0.322 e. The number of nitrogens with zero attached hydrogens (tertiary/aromatic N) is 3. The van der Waals surface area contributed by atoms with E-state index >= 15 is 0 Å². The molecule has 1 amide bonds. The molecule has 1 aliphatic heterocycles. The Balaban J connectivity index is 1.50. The van der Waals surface area contributed by atoms with Crippen molar-refractivity contribution in [2.24, 2.45) is 0 Å². The van der Waals surface area contributed by atoms with Crippen molar-refractivity contribution in [2.45, 2.75) is 23.8 Å². The fourth-order valence-electron chi connectivity index (χ4n) is 3.58. The van der Waals surface area contributed by atoms with Gasteiger partial charge in [-0.15, -0.1) is 5.10 Å². The number of hydrogen-bond donors (Lipinski definition) is 1. The molecule has 1 fully saturated rings. The van der Waals surface area contributed by atoms with Gasteiger partial charge >= 0.3 is 6.01 Å². The van der Waals surface area contributed by atoms with E-state index in [4.69, 9.17) is 25.5 Å². The van der Waals surface area contributed by atoms with Gasteiger partial charge < -0.3 is 13.9 Å². The summed E-state index contributed by atoms with van der Waals surface area (Å²) >= 11 is 5.86. The number of benzene rings is 2. The van der Waals surface area contributed by atoms with Crippen molar-refractivity contribution in [1.29, 1.82) is 0 Å². The third kappa shape index (κ3) is 4.65. The lowest BCUT2D eigenvalue weighted by Gasteiger charge is -2.22. The first-order valence-electron chi connectivity index (χ1n) is 9.97. The van der Waals surface area contributed by atoms with E-state index in [-0.39, 0.29) is 23.3 Å². The third-order valence-electron chi connectivity index (χ3n) is 5.21. The maximum Gasteiger partial charge on any atom is 0.322 e. The van der Waals surface area contributed by atoms with Crippen molar-refractivity contribution in [3.8, 4) is 23.0 Å². The second-order valence-corrected chi connectivity index (χ2v) is 9.53. The van der Waals surface area contributed by atoms with Crippen LogP contribution in [0.1, 0.15) is 12.8 Å². The molecule has 0 aliphatic carbocycles. The van der Waals surface area contributed by atoms with Crippen LogP contribution < -0.4 is 14.8 Å². The van der Waals surface area contributed by atoms with Gasteiger partial charge in [0.1, 0.15) is 6.04 Å². The van der Waals surface area contributed by atoms with E-state index in [0.717, 1.165) is 0 Å². The van der Waals surface area contributed by atoms with Crippen LogP contribution in [0.2, 0.25) is 5.02 Å². The zero-order chi connectivity index (χ0) is 23.6. The van der Waals surface area contributed by atoms with Crippen LogP contribution in [-0.2, 0) is 14.8 Å². The van der Waals surface area contributed by atoms with Crippen LogP contribution in [0.25, 0.3) is 11.5 Å². The summed E-state index contributed by atoms with van der Waals surface area (Å²) in [7, 11) is -0.841. The second kappa shape index (κ2) is 9.38. The summed E-state index contributed by atoms with van der Waals surface area (Å²) in [5, 5.41) is 10.8. The molecule has 12 heteroatoms. The number of carbonyl (C=O) groups is 1. The van der Waals surface area contributed by atoms with E-state index in [9.17, 15) is 13.2 Å². The van der Waals surface area contributed by atoms with Gasteiger partial charge in [0.15, 0.2) is 11.5 Å². The lowest BCUT2D eigenvalue weighted by atomic mass is 10.2. The predicted octanol–water partition coefficient (Wildman–Crippen LogP) is 3.20. The number of halogens is 1. The van der Waals surface area contributed by atoms with E-state index in [2.05, 4.69) is 15.5 Å². The molecule has 1 atom stereocenters. The van der Waals surface area contributed by atoms with Gasteiger partial charge in [0.05, 0.1) is 19.1 Å². The molecule has 10 nitrogen and oxygen atoms in total. The van der Waals surface area contributed by atoms with Crippen LogP contribution in [0.15, 0.2) is 51.8 Å². The normalized spacial score (nSPS) is 16.5. The Labute approximate surface area is 195 Å². The van der Waals surface area contributed by atoms with Gasteiger partial charge in [-0.25, -0.2) is 8.42 Å². The standard InChI is InChI=1S/C21H21ClN4O6S/c1-30-17-10-5-13(12-18(17)31-2)20-24-25-21(32-20)23-19(27)16-4-3-11-26(16)33(28,29)15-8-6-14(22)7-9-15/h5-10,12,16H,3-4,11H2,1-2H3,(H,23,25,27). The highest BCUT2D eigenvalue weighted by molar-refractivity contribution is 7.89. The molecule has 1 aliphatic rings. The van der Waals surface area contributed by atoms with Gasteiger partial charge in [0.2, 0.25) is 21.8 Å². The molecular weight excluding hydrogens is 472 g/mol. The summed E-state index contributed by atoms with van der Waals surface area (Å²) in [6.07, 6.45) is 0.918. The number of rotatable bonds is 7. The first-order valence-corrected chi connectivity index (χ1v) is 11.8. The largest absolute Gasteiger partial charge is 0.493 e. The average Bonchev–Trinajstić information content (AvgIpc) is 3.49. The minimum Gasteiger partial charge on any atom is -0.493 e. The molecule has 1 N–H and O–H groups in total. The van der Waals surface area contributed by atoms with Gasteiger partial charge in [0.25, 0.3) is 0 Å². The van der Waals surface area contributed by atoms with Gasteiger partial charge in [-0.05, 0) is 55.3 Å². The van der Waals surface area contributed by atoms with E-state index < -0.39 is 22.0 Å². The van der Waals surface area contributed by atoms with Crippen molar-refractivity contribution in [3.05, 3.63) is 47.5 Å². The highest BCUT2D eigenvalue weighted by atomic mass is 35.5. The lowest BCUT2D eigenvalue weighted by molar-refractivity contribution is -0.119. The van der Waals surface area contributed by atoms with Gasteiger partial charge in [-0.1, -0.05) is 16.7 Å². The molecule has 2 aromatic carbocycles. The number of ether oxygens (including phenoxy) is 2. The van der Waals surface area contributed by atoms with E-state index in [0.29, 0.717) is 34.9 Å². The van der Waals surface area contributed by atoms with Crippen molar-refractivity contribution < 1.29 is 27.1 Å². The SMILES string of the molecule is COc1ccc(-c2nnc(NC(=O)C3CCCN3S(=O)(=O)c3ccc(Cl)cc3)o2)cc1OC. The van der Waals surface area contributed by atoms with Crippen molar-refractivity contribution in [3.63, 3.8) is 0 Å². The Morgan fingerprint density at radius 1 is 1.12 bits per heavy atom. The zero-order valence-corrected chi connectivity index (χ0v) is 19.4. The summed E-state index contributed by atoms with van der Waals surface area (Å²) in [6.45, 7) is 0.226. The summed E-state index contributed by atoms with van der Waals surface area (Å²) < 4.78 is 43.3. The number of nitrogens with one attached hydrogen (secondary N) is 1. The van der Waals surface area contributed by atoms with Gasteiger partial charge in [-0.3, -0.25) is 10.1 Å². The van der Waals surface area contributed by atoms with E-state index in [1.165, 1.54) is 42.8 Å². The maximum atomic E-state index is 13.0. The molecule has 1 aromatic heterocycles. The predicted molar refractivity (Wildman–Crippen MR) is 120 cm³/mol. The van der Waals surface area contributed by atoms with Gasteiger partial charge in [-0.2, -0.15) is 4.31 Å². The molecule has 1 saturated heterocycles. The first kappa shape index (κ1) is 23.0. The first-order chi connectivity index (χ1) is 15.8. The molecule has 0 spiro atoms. The molecule has 33 heavy (non-hydrogen) atoms. The van der Waals surface area contributed by atoms with Crippen molar-refractivity contribution >= 4 is 33.5 Å². The van der Waals surface area contributed by atoms with Crippen LogP contribution in [0.5, 0.6) is 11.5 Å².